The van der Waals surface area contributed by atoms with Crippen LogP contribution >= 0.6 is 0 Å². The van der Waals surface area contributed by atoms with Gasteiger partial charge >= 0.3 is 0 Å². The smallest absolute Gasteiger partial charge is 0.269 e. The number of nitrogens with two attached hydrogens (primary N) is 2. The molecule has 1 heterocycles. The van der Waals surface area contributed by atoms with Crippen molar-refractivity contribution >= 4 is 5.91 Å². The maximum Gasteiger partial charge on any atom is 0.269 e. The van der Waals surface area contributed by atoms with Crippen molar-refractivity contribution in [3.8, 4) is 11.4 Å². The van der Waals surface area contributed by atoms with Crippen molar-refractivity contribution < 1.29 is 9.53 Å². The summed E-state index contributed by atoms with van der Waals surface area (Å²) in [5.41, 5.74) is 13.0. The number of ether oxygens (including phenoxy) is 1. The van der Waals surface area contributed by atoms with Crippen LogP contribution in [0.15, 0.2) is 30.5 Å². The summed E-state index contributed by atoms with van der Waals surface area (Å²) < 4.78 is 6.88. The van der Waals surface area contributed by atoms with E-state index in [4.69, 9.17) is 16.2 Å². The van der Waals surface area contributed by atoms with Gasteiger partial charge in [-0.2, -0.15) is 5.10 Å². The molecule has 1 aromatic heterocycles. The van der Waals surface area contributed by atoms with Crippen LogP contribution in [0.25, 0.3) is 5.69 Å². The molecule has 0 saturated heterocycles. The molecule has 6 heteroatoms. The van der Waals surface area contributed by atoms with Gasteiger partial charge in [0.25, 0.3) is 5.91 Å². The number of aromatic nitrogens is 2. The highest BCUT2D eigenvalue weighted by atomic mass is 16.5. The Morgan fingerprint density at radius 1 is 1.42 bits per heavy atom. The number of hydrogen-bond acceptors (Lipinski definition) is 4. The second-order valence-corrected chi connectivity index (χ2v) is 4.19. The summed E-state index contributed by atoms with van der Waals surface area (Å²) in [4.78, 5) is 11.1. The molecule has 0 aliphatic rings. The molecule has 0 fully saturated rings. The minimum Gasteiger partial charge on any atom is -0.496 e. The Labute approximate surface area is 111 Å². The number of hydrogen-bond donors (Lipinski definition) is 2. The molecular weight excluding hydrogens is 244 g/mol. The summed E-state index contributed by atoms with van der Waals surface area (Å²) in [7, 11) is 1.59. The first kappa shape index (κ1) is 13.1. The van der Waals surface area contributed by atoms with Gasteiger partial charge in [-0.05, 0) is 25.1 Å². The van der Waals surface area contributed by atoms with Crippen molar-refractivity contribution in [1.29, 1.82) is 0 Å². The van der Waals surface area contributed by atoms with Crippen molar-refractivity contribution in [2.75, 3.05) is 7.11 Å². The number of carbonyl (C=O) groups excluding carboxylic acids is 1. The molecule has 6 nitrogen and oxygen atoms in total. The third kappa shape index (κ3) is 2.43. The lowest BCUT2D eigenvalue weighted by Crippen LogP contribution is -2.14. The fourth-order valence-electron chi connectivity index (χ4n) is 1.96. The Balaban J connectivity index is 2.57. The van der Waals surface area contributed by atoms with E-state index >= 15 is 0 Å². The van der Waals surface area contributed by atoms with Gasteiger partial charge in [-0.1, -0.05) is 6.07 Å². The van der Waals surface area contributed by atoms with Gasteiger partial charge in [-0.15, -0.1) is 0 Å². The van der Waals surface area contributed by atoms with Crippen molar-refractivity contribution in [3.63, 3.8) is 0 Å². The zero-order valence-electron chi connectivity index (χ0n) is 10.8. The zero-order valence-corrected chi connectivity index (χ0v) is 10.8. The molecule has 0 unspecified atom stereocenters. The van der Waals surface area contributed by atoms with E-state index in [9.17, 15) is 4.79 Å². The first-order valence-corrected chi connectivity index (χ1v) is 5.83. The van der Waals surface area contributed by atoms with Crippen LogP contribution in [0.3, 0.4) is 0 Å². The van der Waals surface area contributed by atoms with Gasteiger partial charge in [0.05, 0.1) is 12.8 Å². The van der Waals surface area contributed by atoms with Gasteiger partial charge in [0, 0.05) is 17.8 Å². The maximum atomic E-state index is 11.1. The monoisotopic (exact) mass is 260 g/mol. The average Bonchev–Trinajstić information content (AvgIpc) is 2.87. The summed E-state index contributed by atoms with van der Waals surface area (Å²) in [5, 5.41) is 4.13. The fourth-order valence-corrected chi connectivity index (χ4v) is 1.96. The van der Waals surface area contributed by atoms with Crippen LogP contribution in [0.4, 0.5) is 0 Å². The highest BCUT2D eigenvalue weighted by Crippen LogP contribution is 2.29. The van der Waals surface area contributed by atoms with Gasteiger partial charge in [0.15, 0.2) is 0 Å². The van der Waals surface area contributed by atoms with Crippen molar-refractivity contribution in [3.05, 3.63) is 41.7 Å². The fraction of sp³-hybridized carbons (Fsp3) is 0.231. The van der Waals surface area contributed by atoms with E-state index in [2.05, 4.69) is 5.10 Å². The number of rotatable bonds is 4. The highest BCUT2D eigenvalue weighted by Gasteiger charge is 2.16. The van der Waals surface area contributed by atoms with Crippen LogP contribution < -0.4 is 16.2 Å². The predicted octanol–water partition coefficient (Wildman–Crippen LogP) is 1.000. The molecule has 1 atom stereocenters. The second-order valence-electron chi connectivity index (χ2n) is 4.19. The van der Waals surface area contributed by atoms with Crippen molar-refractivity contribution in [2.24, 2.45) is 11.5 Å². The SMILES string of the molecule is COc1cccc(-n2ccc(C(N)=O)n2)c1[C@H](C)N. The Kier molecular flexibility index (Phi) is 3.52. The molecule has 0 saturated carbocycles. The number of amides is 1. The van der Waals surface area contributed by atoms with Gasteiger partial charge in [0.2, 0.25) is 0 Å². The summed E-state index contributed by atoms with van der Waals surface area (Å²) in [6.07, 6.45) is 1.67. The molecule has 2 aromatic rings. The molecule has 2 rings (SSSR count). The highest BCUT2D eigenvalue weighted by molar-refractivity contribution is 5.90. The Hall–Kier alpha value is -2.34. The second kappa shape index (κ2) is 5.11. The van der Waals surface area contributed by atoms with Crippen LogP contribution in [-0.4, -0.2) is 22.8 Å². The number of primary amides is 1. The van der Waals surface area contributed by atoms with Gasteiger partial charge in [0.1, 0.15) is 11.4 Å². The van der Waals surface area contributed by atoms with Crippen LogP contribution in [0, 0.1) is 0 Å². The average molecular weight is 260 g/mol. The summed E-state index contributed by atoms with van der Waals surface area (Å²) in [6, 6.07) is 6.87. The van der Waals surface area contributed by atoms with Crippen LogP contribution in [0.2, 0.25) is 0 Å². The van der Waals surface area contributed by atoms with Gasteiger partial charge in [-0.25, -0.2) is 4.68 Å². The van der Waals surface area contributed by atoms with Crippen LogP contribution in [0.1, 0.15) is 29.0 Å². The molecule has 0 bridgehead atoms. The van der Waals surface area contributed by atoms with E-state index in [1.807, 2.05) is 25.1 Å². The first-order valence-electron chi connectivity index (χ1n) is 5.83. The molecule has 4 N–H and O–H groups in total. The Morgan fingerprint density at radius 2 is 2.16 bits per heavy atom. The lowest BCUT2D eigenvalue weighted by molar-refractivity contribution is 0.0995. The van der Waals surface area contributed by atoms with Crippen LogP contribution in [-0.2, 0) is 0 Å². The molecule has 0 spiro atoms. The molecule has 1 aromatic carbocycles. The molecule has 0 aliphatic carbocycles. The minimum atomic E-state index is -0.566. The normalized spacial score (nSPS) is 12.2. The number of methoxy groups -OCH3 is 1. The van der Waals surface area contributed by atoms with Crippen molar-refractivity contribution in [2.45, 2.75) is 13.0 Å². The summed E-state index contributed by atoms with van der Waals surface area (Å²) >= 11 is 0. The van der Waals surface area contributed by atoms with E-state index in [1.165, 1.54) is 0 Å². The maximum absolute atomic E-state index is 11.1. The van der Waals surface area contributed by atoms with E-state index in [-0.39, 0.29) is 11.7 Å². The molecular formula is C13H16N4O2. The summed E-state index contributed by atoms with van der Waals surface area (Å²) in [5.74, 6) is 0.118. The lowest BCUT2D eigenvalue weighted by atomic mass is 10.1. The topological polar surface area (TPSA) is 96.2 Å². The summed E-state index contributed by atoms with van der Waals surface area (Å²) in [6.45, 7) is 1.86. The number of benzene rings is 1. The third-order valence-corrected chi connectivity index (χ3v) is 2.81. The molecule has 100 valence electrons. The molecule has 19 heavy (non-hydrogen) atoms. The number of carbonyl (C=O) groups is 1. The van der Waals surface area contributed by atoms with Gasteiger partial charge in [-0.3, -0.25) is 4.79 Å². The lowest BCUT2D eigenvalue weighted by Gasteiger charge is -2.16. The van der Waals surface area contributed by atoms with Crippen molar-refractivity contribution in [1.82, 2.24) is 9.78 Å². The van der Waals surface area contributed by atoms with E-state index in [0.717, 1.165) is 11.3 Å². The largest absolute Gasteiger partial charge is 0.496 e. The number of nitrogens with zero attached hydrogens (tertiary/aromatic N) is 2. The first-order chi connectivity index (χ1) is 9.04. The predicted molar refractivity (Wildman–Crippen MR) is 71.2 cm³/mol. The molecule has 1 amide bonds. The molecule has 0 radical (unpaired) electrons. The standard InChI is InChI=1S/C13H16N4O2/c1-8(14)12-10(4-3-5-11(12)19-2)17-7-6-9(16-17)13(15)18/h3-8H,14H2,1-2H3,(H2,15,18)/t8-/m0/s1. The minimum absolute atomic E-state index is 0.207. The van der Waals surface area contributed by atoms with E-state index < -0.39 is 5.91 Å². The quantitative estimate of drug-likeness (QED) is 0.857. The van der Waals surface area contributed by atoms with Crippen LogP contribution in [0.5, 0.6) is 5.75 Å². The van der Waals surface area contributed by atoms with Gasteiger partial charge < -0.3 is 16.2 Å². The molecule has 0 aliphatic heterocycles. The third-order valence-electron chi connectivity index (χ3n) is 2.81. The Bertz CT molecular complexity index is 604. The van der Waals surface area contributed by atoms with E-state index in [0.29, 0.717) is 5.75 Å². The zero-order chi connectivity index (χ0) is 14.0. The van der Waals surface area contributed by atoms with E-state index in [1.54, 1.807) is 24.1 Å². The Morgan fingerprint density at radius 3 is 2.68 bits per heavy atom.